The molecule has 1 unspecified atom stereocenters. The van der Waals surface area contributed by atoms with Gasteiger partial charge in [0, 0.05) is 25.9 Å². The number of aromatic nitrogens is 2. The van der Waals surface area contributed by atoms with Gasteiger partial charge < -0.3 is 9.67 Å². The van der Waals surface area contributed by atoms with Gasteiger partial charge in [0.2, 0.25) is 0 Å². The zero-order valence-electron chi connectivity index (χ0n) is 9.89. The lowest BCUT2D eigenvalue weighted by Gasteiger charge is -2.11. The van der Waals surface area contributed by atoms with Gasteiger partial charge in [-0.25, -0.2) is 9.37 Å². The number of benzene rings is 1. The third-order valence-corrected chi connectivity index (χ3v) is 2.86. The topological polar surface area (TPSA) is 38.1 Å². The van der Waals surface area contributed by atoms with E-state index in [0.29, 0.717) is 17.5 Å². The molecule has 1 atom stereocenters. The summed E-state index contributed by atoms with van der Waals surface area (Å²) < 4.78 is 15.0. The molecule has 0 amide bonds. The Labute approximate surface area is 99.5 Å². The van der Waals surface area contributed by atoms with E-state index in [-0.39, 0.29) is 5.82 Å². The molecule has 0 aliphatic carbocycles. The largest absolute Gasteiger partial charge is 0.388 e. The molecule has 0 aliphatic heterocycles. The first-order valence-electron chi connectivity index (χ1n) is 5.48. The van der Waals surface area contributed by atoms with Crippen LogP contribution >= 0.6 is 0 Å². The van der Waals surface area contributed by atoms with E-state index in [9.17, 15) is 9.50 Å². The molecule has 2 aromatic rings. The van der Waals surface area contributed by atoms with Crippen molar-refractivity contribution in [1.29, 1.82) is 0 Å². The van der Waals surface area contributed by atoms with Gasteiger partial charge in [-0.1, -0.05) is 12.1 Å². The summed E-state index contributed by atoms with van der Waals surface area (Å²) in [5.74, 6) is 0.553. The Bertz CT molecular complexity index is 522. The van der Waals surface area contributed by atoms with Crippen LogP contribution in [0.4, 0.5) is 4.39 Å². The summed E-state index contributed by atoms with van der Waals surface area (Å²) >= 11 is 0. The lowest BCUT2D eigenvalue weighted by Crippen LogP contribution is -2.07. The van der Waals surface area contributed by atoms with Crippen molar-refractivity contribution in [3.63, 3.8) is 0 Å². The second kappa shape index (κ2) is 4.67. The summed E-state index contributed by atoms with van der Waals surface area (Å²) in [6, 6.07) is 4.66. The Morgan fingerprint density at radius 2 is 2.24 bits per heavy atom. The minimum absolute atomic E-state index is 0.252. The molecular weight excluding hydrogens is 219 g/mol. The summed E-state index contributed by atoms with van der Waals surface area (Å²) in [5, 5.41) is 10.1. The van der Waals surface area contributed by atoms with Crippen molar-refractivity contribution in [2.45, 2.75) is 19.4 Å². The Hall–Kier alpha value is -1.68. The highest BCUT2D eigenvalue weighted by Crippen LogP contribution is 2.19. The summed E-state index contributed by atoms with van der Waals surface area (Å²) in [5.41, 5.74) is 1.26. The number of aliphatic hydroxyl groups is 1. The minimum Gasteiger partial charge on any atom is -0.388 e. The van der Waals surface area contributed by atoms with Crippen LogP contribution in [0.5, 0.6) is 0 Å². The Kier molecular flexibility index (Phi) is 3.24. The normalized spacial score (nSPS) is 12.7. The molecular formula is C13H15FN2O. The summed E-state index contributed by atoms with van der Waals surface area (Å²) in [4.78, 5) is 4.15. The van der Waals surface area contributed by atoms with E-state index >= 15 is 0 Å². The van der Waals surface area contributed by atoms with Crippen LogP contribution in [0.15, 0.2) is 30.6 Å². The van der Waals surface area contributed by atoms with Crippen LogP contribution in [0.2, 0.25) is 0 Å². The van der Waals surface area contributed by atoms with Crippen molar-refractivity contribution in [1.82, 2.24) is 9.55 Å². The first kappa shape index (κ1) is 11.8. The van der Waals surface area contributed by atoms with Gasteiger partial charge in [-0.3, -0.25) is 0 Å². The fraction of sp³-hybridized carbons (Fsp3) is 0.308. The highest BCUT2D eigenvalue weighted by molar-refractivity contribution is 5.26. The predicted molar refractivity (Wildman–Crippen MR) is 63.0 cm³/mol. The third kappa shape index (κ3) is 2.53. The molecule has 0 bridgehead atoms. The molecule has 0 saturated heterocycles. The number of nitrogens with zero attached hydrogens (tertiary/aromatic N) is 2. The van der Waals surface area contributed by atoms with Crippen LogP contribution in [0, 0.1) is 12.7 Å². The summed E-state index contributed by atoms with van der Waals surface area (Å²) in [6.45, 7) is 1.69. The average Bonchev–Trinajstić information content (AvgIpc) is 2.68. The molecule has 0 spiro atoms. The van der Waals surface area contributed by atoms with E-state index < -0.39 is 6.10 Å². The number of rotatable bonds is 3. The second-order valence-corrected chi connectivity index (χ2v) is 4.18. The zero-order valence-corrected chi connectivity index (χ0v) is 9.89. The van der Waals surface area contributed by atoms with E-state index in [4.69, 9.17) is 0 Å². The van der Waals surface area contributed by atoms with Gasteiger partial charge in [0.25, 0.3) is 0 Å². The van der Waals surface area contributed by atoms with Crippen molar-refractivity contribution in [3.05, 3.63) is 53.4 Å². The summed E-state index contributed by atoms with van der Waals surface area (Å²) in [7, 11) is 1.88. The maximum absolute atomic E-state index is 13.1. The maximum atomic E-state index is 13.1. The van der Waals surface area contributed by atoms with Gasteiger partial charge in [0.05, 0.1) is 6.10 Å². The first-order valence-corrected chi connectivity index (χ1v) is 5.48. The average molecular weight is 234 g/mol. The molecule has 0 saturated carbocycles. The van der Waals surface area contributed by atoms with Crippen molar-refractivity contribution >= 4 is 0 Å². The number of aryl methyl sites for hydroxylation is 2. The van der Waals surface area contributed by atoms with Crippen molar-refractivity contribution < 1.29 is 9.50 Å². The Morgan fingerprint density at radius 1 is 1.47 bits per heavy atom. The Morgan fingerprint density at radius 3 is 2.82 bits per heavy atom. The first-order chi connectivity index (χ1) is 8.08. The molecule has 2 rings (SSSR count). The lowest BCUT2D eigenvalue weighted by atomic mass is 10.0. The monoisotopic (exact) mass is 234 g/mol. The van der Waals surface area contributed by atoms with Crippen molar-refractivity contribution in [2.75, 3.05) is 0 Å². The standard InChI is InChI=1S/C13H15FN2O/c1-9-7-10(3-4-11(9)14)12(17)8-13-15-5-6-16(13)2/h3-7,12,17H,8H2,1-2H3. The molecule has 90 valence electrons. The number of halogens is 1. The molecule has 17 heavy (non-hydrogen) atoms. The van der Waals surface area contributed by atoms with Crippen molar-refractivity contribution in [3.8, 4) is 0 Å². The van der Waals surface area contributed by atoms with Crippen LogP contribution in [0.3, 0.4) is 0 Å². The maximum Gasteiger partial charge on any atom is 0.126 e. The van der Waals surface area contributed by atoms with Crippen molar-refractivity contribution in [2.24, 2.45) is 7.05 Å². The molecule has 3 nitrogen and oxygen atoms in total. The summed E-state index contributed by atoms with van der Waals surface area (Å²) in [6.07, 6.45) is 3.29. The fourth-order valence-corrected chi connectivity index (χ4v) is 1.76. The van der Waals surface area contributed by atoms with Crippen LogP contribution in [0.1, 0.15) is 23.1 Å². The van der Waals surface area contributed by atoms with Gasteiger partial charge in [-0.2, -0.15) is 0 Å². The smallest absolute Gasteiger partial charge is 0.126 e. The Balaban J connectivity index is 2.17. The van der Waals surface area contributed by atoms with Crippen LogP contribution in [-0.4, -0.2) is 14.7 Å². The van der Waals surface area contributed by atoms with E-state index in [1.54, 1.807) is 25.3 Å². The quantitative estimate of drug-likeness (QED) is 0.883. The number of hydrogen-bond donors (Lipinski definition) is 1. The molecule has 1 N–H and O–H groups in total. The molecule has 1 heterocycles. The molecule has 0 radical (unpaired) electrons. The van der Waals surface area contributed by atoms with Crippen LogP contribution in [0.25, 0.3) is 0 Å². The second-order valence-electron chi connectivity index (χ2n) is 4.18. The van der Waals surface area contributed by atoms with E-state index in [2.05, 4.69) is 4.98 Å². The minimum atomic E-state index is -0.657. The van der Waals surface area contributed by atoms with Gasteiger partial charge in [0.15, 0.2) is 0 Å². The van der Waals surface area contributed by atoms with E-state index in [1.807, 2.05) is 17.8 Å². The SMILES string of the molecule is Cc1cc(C(O)Cc2nccn2C)ccc1F. The van der Waals surface area contributed by atoms with Gasteiger partial charge in [-0.15, -0.1) is 0 Å². The van der Waals surface area contributed by atoms with Gasteiger partial charge in [-0.05, 0) is 24.1 Å². The number of hydrogen-bond acceptors (Lipinski definition) is 2. The molecule has 0 aliphatic rings. The lowest BCUT2D eigenvalue weighted by molar-refractivity contribution is 0.174. The highest BCUT2D eigenvalue weighted by Gasteiger charge is 2.12. The van der Waals surface area contributed by atoms with Crippen LogP contribution < -0.4 is 0 Å². The molecule has 4 heteroatoms. The molecule has 1 aromatic carbocycles. The highest BCUT2D eigenvalue weighted by atomic mass is 19.1. The third-order valence-electron chi connectivity index (χ3n) is 2.86. The molecule has 1 aromatic heterocycles. The fourth-order valence-electron chi connectivity index (χ4n) is 1.76. The van der Waals surface area contributed by atoms with E-state index in [0.717, 1.165) is 5.82 Å². The van der Waals surface area contributed by atoms with Crippen LogP contribution in [-0.2, 0) is 13.5 Å². The zero-order chi connectivity index (χ0) is 12.4. The number of aliphatic hydroxyl groups excluding tert-OH is 1. The number of imidazole rings is 1. The van der Waals surface area contributed by atoms with Gasteiger partial charge in [0.1, 0.15) is 11.6 Å². The van der Waals surface area contributed by atoms with Gasteiger partial charge >= 0.3 is 0 Å². The van der Waals surface area contributed by atoms with E-state index in [1.165, 1.54) is 6.07 Å². The molecule has 0 fully saturated rings. The predicted octanol–water partition coefficient (Wildman–Crippen LogP) is 2.14.